The molecule has 1 atom stereocenters. The van der Waals surface area contributed by atoms with Crippen LogP contribution in [0.25, 0.3) is 0 Å². The van der Waals surface area contributed by atoms with Crippen LogP contribution in [0.5, 0.6) is 5.75 Å². The van der Waals surface area contributed by atoms with Gasteiger partial charge in [0.15, 0.2) is 0 Å². The SMILES string of the molecule is C[C@@H](N)c1ccc(Br)cc1OCc1ccc(F)c(Cl)c1. The lowest BCUT2D eigenvalue weighted by Crippen LogP contribution is -2.08. The molecule has 2 aromatic carbocycles. The largest absolute Gasteiger partial charge is 0.489 e. The van der Waals surface area contributed by atoms with E-state index in [4.69, 9.17) is 22.1 Å². The standard InChI is InChI=1S/C15H14BrClFNO/c1-9(19)12-4-3-11(16)7-15(12)20-8-10-2-5-14(18)13(17)6-10/h2-7,9H,8,19H2,1H3/t9-/m1/s1. The number of hydrogen-bond donors (Lipinski definition) is 1. The van der Waals surface area contributed by atoms with Crippen molar-refractivity contribution in [3.63, 3.8) is 0 Å². The third-order valence-corrected chi connectivity index (χ3v) is 3.63. The van der Waals surface area contributed by atoms with Crippen LogP contribution in [0.2, 0.25) is 5.02 Å². The van der Waals surface area contributed by atoms with Crippen molar-refractivity contribution in [1.29, 1.82) is 0 Å². The van der Waals surface area contributed by atoms with Crippen LogP contribution in [-0.2, 0) is 6.61 Å². The van der Waals surface area contributed by atoms with Crippen LogP contribution in [-0.4, -0.2) is 0 Å². The molecule has 2 rings (SSSR count). The van der Waals surface area contributed by atoms with Crippen LogP contribution >= 0.6 is 27.5 Å². The molecule has 0 spiro atoms. The number of ether oxygens (including phenoxy) is 1. The molecule has 0 aliphatic rings. The van der Waals surface area contributed by atoms with Gasteiger partial charge in [-0.25, -0.2) is 4.39 Å². The van der Waals surface area contributed by atoms with Gasteiger partial charge >= 0.3 is 0 Å². The summed E-state index contributed by atoms with van der Waals surface area (Å²) in [5.74, 6) is 0.268. The van der Waals surface area contributed by atoms with E-state index in [0.717, 1.165) is 15.6 Å². The highest BCUT2D eigenvalue weighted by Gasteiger charge is 2.09. The fraction of sp³-hybridized carbons (Fsp3) is 0.200. The molecule has 0 aliphatic heterocycles. The van der Waals surface area contributed by atoms with Gasteiger partial charge in [0.05, 0.1) is 5.02 Å². The Morgan fingerprint density at radius 2 is 2.05 bits per heavy atom. The molecule has 0 heterocycles. The molecule has 0 radical (unpaired) electrons. The fourth-order valence-electron chi connectivity index (χ4n) is 1.80. The van der Waals surface area contributed by atoms with E-state index in [1.54, 1.807) is 12.1 Å². The van der Waals surface area contributed by atoms with Gasteiger partial charge in [-0.2, -0.15) is 0 Å². The Morgan fingerprint density at radius 1 is 1.30 bits per heavy atom. The number of benzene rings is 2. The minimum Gasteiger partial charge on any atom is -0.489 e. The van der Waals surface area contributed by atoms with Crippen LogP contribution in [0.4, 0.5) is 4.39 Å². The summed E-state index contributed by atoms with van der Waals surface area (Å²) in [7, 11) is 0. The smallest absolute Gasteiger partial charge is 0.141 e. The molecule has 2 N–H and O–H groups in total. The Morgan fingerprint density at radius 3 is 2.70 bits per heavy atom. The summed E-state index contributed by atoms with van der Waals surface area (Å²) in [6, 6.07) is 10.1. The third kappa shape index (κ3) is 3.72. The van der Waals surface area contributed by atoms with Gasteiger partial charge in [-0.05, 0) is 36.8 Å². The zero-order valence-electron chi connectivity index (χ0n) is 10.9. The Labute approximate surface area is 130 Å². The monoisotopic (exact) mass is 357 g/mol. The van der Waals surface area contributed by atoms with E-state index in [1.165, 1.54) is 6.07 Å². The quantitative estimate of drug-likeness (QED) is 0.848. The van der Waals surface area contributed by atoms with Crippen LogP contribution in [0.1, 0.15) is 24.1 Å². The van der Waals surface area contributed by atoms with E-state index in [9.17, 15) is 4.39 Å². The zero-order valence-corrected chi connectivity index (χ0v) is 13.2. The first-order valence-electron chi connectivity index (χ1n) is 6.09. The van der Waals surface area contributed by atoms with E-state index >= 15 is 0 Å². The maximum Gasteiger partial charge on any atom is 0.141 e. The Kier molecular flexibility index (Phi) is 5.02. The lowest BCUT2D eigenvalue weighted by atomic mass is 10.1. The minimum atomic E-state index is -0.436. The molecular weight excluding hydrogens is 345 g/mol. The highest BCUT2D eigenvalue weighted by atomic mass is 79.9. The summed E-state index contributed by atoms with van der Waals surface area (Å²) in [6.07, 6.45) is 0. The molecule has 106 valence electrons. The first-order chi connectivity index (χ1) is 9.47. The second-order valence-electron chi connectivity index (χ2n) is 4.51. The van der Waals surface area contributed by atoms with Crippen molar-refractivity contribution in [2.45, 2.75) is 19.6 Å². The average Bonchev–Trinajstić information content (AvgIpc) is 2.40. The van der Waals surface area contributed by atoms with Gasteiger partial charge in [-0.1, -0.05) is 39.7 Å². The van der Waals surface area contributed by atoms with Gasteiger partial charge in [0.2, 0.25) is 0 Å². The molecule has 0 aromatic heterocycles. The molecule has 0 bridgehead atoms. The van der Waals surface area contributed by atoms with Crippen molar-refractivity contribution in [1.82, 2.24) is 0 Å². The van der Waals surface area contributed by atoms with Crippen LogP contribution in [0, 0.1) is 5.82 Å². The summed E-state index contributed by atoms with van der Waals surface area (Å²) >= 11 is 9.15. The van der Waals surface area contributed by atoms with Crippen molar-refractivity contribution in [2.24, 2.45) is 5.73 Å². The summed E-state index contributed by atoms with van der Waals surface area (Å²) in [4.78, 5) is 0. The van der Waals surface area contributed by atoms with Crippen LogP contribution in [0.3, 0.4) is 0 Å². The minimum absolute atomic E-state index is 0.0905. The molecule has 0 unspecified atom stereocenters. The number of rotatable bonds is 4. The van der Waals surface area contributed by atoms with Crippen molar-refractivity contribution < 1.29 is 9.13 Å². The molecular formula is C15H14BrClFNO. The van der Waals surface area contributed by atoms with Crippen molar-refractivity contribution in [3.8, 4) is 5.75 Å². The third-order valence-electron chi connectivity index (χ3n) is 2.84. The number of halogens is 3. The van der Waals surface area contributed by atoms with Crippen LogP contribution < -0.4 is 10.5 Å². The van der Waals surface area contributed by atoms with E-state index in [0.29, 0.717) is 12.4 Å². The number of nitrogens with two attached hydrogens (primary N) is 1. The molecule has 0 aliphatic carbocycles. The fourth-order valence-corrected chi connectivity index (χ4v) is 2.34. The van der Waals surface area contributed by atoms with E-state index in [2.05, 4.69) is 15.9 Å². The second-order valence-corrected chi connectivity index (χ2v) is 5.83. The van der Waals surface area contributed by atoms with Gasteiger partial charge in [0.25, 0.3) is 0 Å². The van der Waals surface area contributed by atoms with E-state index in [-0.39, 0.29) is 11.1 Å². The van der Waals surface area contributed by atoms with Gasteiger partial charge in [-0.3, -0.25) is 0 Å². The van der Waals surface area contributed by atoms with Gasteiger partial charge in [-0.15, -0.1) is 0 Å². The Hall–Kier alpha value is -1.10. The highest BCUT2D eigenvalue weighted by Crippen LogP contribution is 2.28. The lowest BCUT2D eigenvalue weighted by Gasteiger charge is -2.14. The van der Waals surface area contributed by atoms with Gasteiger partial charge in [0.1, 0.15) is 18.2 Å². The summed E-state index contributed by atoms with van der Waals surface area (Å²) < 4.78 is 19.8. The maximum absolute atomic E-state index is 13.1. The predicted molar refractivity (Wildman–Crippen MR) is 82.5 cm³/mol. The van der Waals surface area contributed by atoms with Gasteiger partial charge in [0, 0.05) is 16.1 Å². The second kappa shape index (κ2) is 6.57. The van der Waals surface area contributed by atoms with Gasteiger partial charge < -0.3 is 10.5 Å². The molecule has 2 nitrogen and oxygen atoms in total. The van der Waals surface area contributed by atoms with Crippen molar-refractivity contribution in [2.75, 3.05) is 0 Å². The van der Waals surface area contributed by atoms with Crippen molar-refractivity contribution >= 4 is 27.5 Å². The first kappa shape index (κ1) is 15.3. The summed E-state index contributed by atoms with van der Waals surface area (Å²) in [5.41, 5.74) is 7.63. The molecule has 0 amide bonds. The molecule has 2 aromatic rings. The Bertz CT molecular complexity index is 619. The maximum atomic E-state index is 13.1. The molecule has 20 heavy (non-hydrogen) atoms. The number of hydrogen-bond acceptors (Lipinski definition) is 2. The topological polar surface area (TPSA) is 35.2 Å². The lowest BCUT2D eigenvalue weighted by molar-refractivity contribution is 0.301. The predicted octanol–water partition coefficient (Wildman–Crippen LogP) is 4.84. The van der Waals surface area contributed by atoms with E-state index in [1.807, 2.05) is 25.1 Å². The Balaban J connectivity index is 2.17. The molecule has 0 saturated heterocycles. The average molecular weight is 359 g/mol. The first-order valence-corrected chi connectivity index (χ1v) is 7.26. The highest BCUT2D eigenvalue weighted by molar-refractivity contribution is 9.10. The normalized spacial score (nSPS) is 12.2. The van der Waals surface area contributed by atoms with Crippen molar-refractivity contribution in [3.05, 3.63) is 62.8 Å². The summed E-state index contributed by atoms with van der Waals surface area (Å²) in [5, 5.41) is 0.0905. The van der Waals surface area contributed by atoms with E-state index < -0.39 is 5.82 Å². The summed E-state index contributed by atoms with van der Waals surface area (Å²) in [6.45, 7) is 2.20. The molecule has 0 fully saturated rings. The molecule has 5 heteroatoms. The van der Waals surface area contributed by atoms with Crippen LogP contribution in [0.15, 0.2) is 40.9 Å². The zero-order chi connectivity index (χ0) is 14.7. The molecule has 0 saturated carbocycles.